The van der Waals surface area contributed by atoms with Gasteiger partial charge in [0.1, 0.15) is 5.01 Å². The van der Waals surface area contributed by atoms with Gasteiger partial charge in [0, 0.05) is 11.6 Å². The molecule has 88 valence electrons. The largest absolute Gasteiger partial charge is 0.480 e. The molecule has 0 aromatic carbocycles. The van der Waals surface area contributed by atoms with Crippen molar-refractivity contribution in [1.29, 1.82) is 0 Å². The zero-order valence-corrected chi connectivity index (χ0v) is 10.2. The molecule has 0 amide bonds. The van der Waals surface area contributed by atoms with E-state index >= 15 is 0 Å². The zero-order valence-electron chi connectivity index (χ0n) is 9.35. The molecule has 1 fully saturated rings. The number of aromatic nitrogens is 1. The lowest BCUT2D eigenvalue weighted by atomic mass is 9.97. The molecule has 5 heteroatoms. The summed E-state index contributed by atoms with van der Waals surface area (Å²) in [6.45, 7) is 3.46. The second-order valence-electron chi connectivity index (χ2n) is 4.26. The quantitative estimate of drug-likeness (QED) is 0.877. The molecular weight excluding hydrogens is 224 g/mol. The number of carboxylic acid groups (broad SMARTS) is 1. The van der Waals surface area contributed by atoms with Crippen molar-refractivity contribution in [3.05, 3.63) is 16.6 Å². The number of aliphatic carboxylic acids is 1. The molecule has 1 aliphatic rings. The Morgan fingerprint density at radius 1 is 1.50 bits per heavy atom. The van der Waals surface area contributed by atoms with Gasteiger partial charge in [-0.05, 0) is 32.9 Å². The Morgan fingerprint density at radius 3 is 2.69 bits per heavy atom. The van der Waals surface area contributed by atoms with Gasteiger partial charge >= 0.3 is 5.97 Å². The molecule has 0 aliphatic carbocycles. The molecule has 16 heavy (non-hydrogen) atoms. The number of hydrogen-bond donors (Lipinski definition) is 1. The summed E-state index contributed by atoms with van der Waals surface area (Å²) in [4.78, 5) is 17.8. The minimum atomic E-state index is -0.950. The van der Waals surface area contributed by atoms with E-state index in [0.29, 0.717) is 5.01 Å². The normalized spacial score (nSPS) is 21.6. The molecule has 1 N–H and O–H groups in total. The highest BCUT2D eigenvalue weighted by molar-refractivity contribution is 7.09. The Bertz CT molecular complexity index is 360. The zero-order chi connectivity index (χ0) is 11.6. The standard InChI is InChI=1S/C11H16N2O2S/c1-11(10(14)15,9-12-5-8-16-9)13-6-3-2-4-7-13/h5,8H,2-4,6-7H2,1H3,(H,14,15). The maximum absolute atomic E-state index is 11.5. The van der Waals surface area contributed by atoms with Crippen LogP contribution in [0.1, 0.15) is 31.2 Å². The number of carboxylic acids is 1. The van der Waals surface area contributed by atoms with Crippen molar-refractivity contribution >= 4 is 17.3 Å². The van der Waals surface area contributed by atoms with Crippen molar-refractivity contribution in [1.82, 2.24) is 9.88 Å². The van der Waals surface area contributed by atoms with Crippen LogP contribution in [0.3, 0.4) is 0 Å². The van der Waals surface area contributed by atoms with E-state index in [1.54, 1.807) is 13.1 Å². The first-order valence-electron chi connectivity index (χ1n) is 5.54. The van der Waals surface area contributed by atoms with E-state index in [0.717, 1.165) is 25.9 Å². The van der Waals surface area contributed by atoms with Crippen molar-refractivity contribution < 1.29 is 9.90 Å². The van der Waals surface area contributed by atoms with E-state index in [9.17, 15) is 9.90 Å². The summed E-state index contributed by atoms with van der Waals surface area (Å²) in [5.41, 5.74) is -0.950. The minimum Gasteiger partial charge on any atom is -0.480 e. The first-order chi connectivity index (χ1) is 7.65. The molecular formula is C11H16N2O2S. The fraction of sp³-hybridized carbons (Fsp3) is 0.636. The second kappa shape index (κ2) is 4.51. The van der Waals surface area contributed by atoms with Crippen molar-refractivity contribution in [2.75, 3.05) is 13.1 Å². The molecule has 0 radical (unpaired) electrons. The third-order valence-corrected chi connectivity index (χ3v) is 4.24. The van der Waals surface area contributed by atoms with E-state index in [1.807, 2.05) is 10.3 Å². The molecule has 1 aromatic heterocycles. The highest BCUT2D eigenvalue weighted by Gasteiger charge is 2.43. The van der Waals surface area contributed by atoms with Crippen LogP contribution in [0.4, 0.5) is 0 Å². The summed E-state index contributed by atoms with van der Waals surface area (Å²) in [6, 6.07) is 0. The first-order valence-corrected chi connectivity index (χ1v) is 6.42. The van der Waals surface area contributed by atoms with Gasteiger partial charge in [-0.25, -0.2) is 9.78 Å². The predicted octanol–water partition coefficient (Wildman–Crippen LogP) is 1.93. The van der Waals surface area contributed by atoms with Crippen molar-refractivity contribution in [3.63, 3.8) is 0 Å². The van der Waals surface area contributed by atoms with Gasteiger partial charge in [-0.2, -0.15) is 0 Å². The smallest absolute Gasteiger partial charge is 0.331 e. The average molecular weight is 240 g/mol. The van der Waals surface area contributed by atoms with Crippen molar-refractivity contribution in [2.24, 2.45) is 0 Å². The van der Waals surface area contributed by atoms with E-state index in [-0.39, 0.29) is 0 Å². The molecule has 0 saturated carbocycles. The molecule has 0 bridgehead atoms. The molecule has 0 spiro atoms. The summed E-state index contributed by atoms with van der Waals surface area (Å²) in [6.07, 6.45) is 5.03. The van der Waals surface area contributed by atoms with Gasteiger partial charge in [-0.3, -0.25) is 4.90 Å². The van der Waals surface area contributed by atoms with Gasteiger partial charge in [0.05, 0.1) is 0 Å². The Kier molecular flexibility index (Phi) is 3.25. The Hall–Kier alpha value is -0.940. The third-order valence-electron chi connectivity index (χ3n) is 3.25. The predicted molar refractivity (Wildman–Crippen MR) is 62.5 cm³/mol. The summed E-state index contributed by atoms with van der Waals surface area (Å²) in [5.74, 6) is -0.802. The number of thiazole rings is 1. The molecule has 2 heterocycles. The molecule has 1 aliphatic heterocycles. The number of likely N-dealkylation sites (tertiary alicyclic amines) is 1. The summed E-state index contributed by atoms with van der Waals surface area (Å²) in [5, 5.41) is 12.0. The van der Waals surface area contributed by atoms with Gasteiger partial charge in [-0.1, -0.05) is 6.42 Å². The van der Waals surface area contributed by atoms with Crippen LogP contribution in [0, 0.1) is 0 Å². The Labute approximate surface area is 98.9 Å². The number of piperidine rings is 1. The van der Waals surface area contributed by atoms with Gasteiger partial charge < -0.3 is 5.11 Å². The van der Waals surface area contributed by atoms with Crippen LogP contribution in [0.15, 0.2) is 11.6 Å². The van der Waals surface area contributed by atoms with E-state index in [1.165, 1.54) is 17.8 Å². The van der Waals surface area contributed by atoms with Crippen molar-refractivity contribution in [3.8, 4) is 0 Å². The van der Waals surface area contributed by atoms with Crippen LogP contribution >= 0.6 is 11.3 Å². The molecule has 1 atom stereocenters. The van der Waals surface area contributed by atoms with Crippen LogP contribution < -0.4 is 0 Å². The number of hydrogen-bond acceptors (Lipinski definition) is 4. The average Bonchev–Trinajstić information content (AvgIpc) is 2.82. The van der Waals surface area contributed by atoms with Crippen LogP contribution in [0.25, 0.3) is 0 Å². The van der Waals surface area contributed by atoms with Crippen molar-refractivity contribution in [2.45, 2.75) is 31.7 Å². The van der Waals surface area contributed by atoms with Crippen LogP contribution in [-0.2, 0) is 10.3 Å². The fourth-order valence-electron chi connectivity index (χ4n) is 2.17. The molecule has 1 unspecified atom stereocenters. The van der Waals surface area contributed by atoms with Gasteiger partial charge in [0.15, 0.2) is 5.54 Å². The SMILES string of the molecule is CC(C(=O)O)(c1nccs1)N1CCCCC1. The van der Waals surface area contributed by atoms with Crippen LogP contribution in [0.2, 0.25) is 0 Å². The Balaban J connectivity index is 2.31. The van der Waals surface area contributed by atoms with E-state index in [4.69, 9.17) is 0 Å². The summed E-state index contributed by atoms with van der Waals surface area (Å²) < 4.78 is 0. The second-order valence-corrected chi connectivity index (χ2v) is 5.16. The van der Waals surface area contributed by atoms with Gasteiger partial charge in [0.25, 0.3) is 0 Å². The fourth-order valence-corrected chi connectivity index (χ4v) is 2.99. The van der Waals surface area contributed by atoms with E-state index in [2.05, 4.69) is 4.98 Å². The molecule has 1 aromatic rings. The summed E-state index contributed by atoms with van der Waals surface area (Å²) in [7, 11) is 0. The van der Waals surface area contributed by atoms with Crippen LogP contribution in [0.5, 0.6) is 0 Å². The van der Waals surface area contributed by atoms with E-state index < -0.39 is 11.5 Å². The molecule has 4 nitrogen and oxygen atoms in total. The maximum atomic E-state index is 11.5. The minimum absolute atomic E-state index is 0.682. The topological polar surface area (TPSA) is 53.4 Å². The number of nitrogens with zero attached hydrogens (tertiary/aromatic N) is 2. The lowest BCUT2D eigenvalue weighted by Crippen LogP contribution is -2.51. The maximum Gasteiger partial charge on any atom is 0.331 e. The lowest BCUT2D eigenvalue weighted by Gasteiger charge is -2.38. The highest BCUT2D eigenvalue weighted by atomic mass is 32.1. The molecule has 1 saturated heterocycles. The molecule has 2 rings (SSSR count). The van der Waals surface area contributed by atoms with Crippen LogP contribution in [-0.4, -0.2) is 34.0 Å². The summed E-state index contributed by atoms with van der Waals surface area (Å²) >= 11 is 1.42. The monoisotopic (exact) mass is 240 g/mol. The first kappa shape index (κ1) is 11.5. The number of rotatable bonds is 3. The highest BCUT2D eigenvalue weighted by Crippen LogP contribution is 2.32. The third kappa shape index (κ3) is 1.85. The number of carbonyl (C=O) groups is 1. The lowest BCUT2D eigenvalue weighted by molar-refractivity contribution is -0.152. The van der Waals surface area contributed by atoms with Gasteiger partial charge in [0.2, 0.25) is 0 Å². The Morgan fingerprint density at radius 2 is 2.19 bits per heavy atom. The van der Waals surface area contributed by atoms with Gasteiger partial charge in [-0.15, -0.1) is 11.3 Å².